The molecule has 1 fully saturated rings. The number of nitrogens with zero attached hydrogens (tertiary/aromatic N) is 5. The van der Waals surface area contributed by atoms with Gasteiger partial charge in [0.25, 0.3) is 5.91 Å². The summed E-state index contributed by atoms with van der Waals surface area (Å²) >= 11 is 0. The summed E-state index contributed by atoms with van der Waals surface area (Å²) in [5, 5.41) is 22.4. The molecule has 1 aliphatic rings. The van der Waals surface area contributed by atoms with Crippen molar-refractivity contribution >= 4 is 11.6 Å². The maximum atomic E-state index is 14.9. The number of carbonyl (C=O) groups excluding carboxylic acids is 1. The third-order valence-corrected chi connectivity index (χ3v) is 6.32. The van der Waals surface area contributed by atoms with Crippen molar-refractivity contribution in [1.29, 1.82) is 5.26 Å². The molecular formula is C23H22F5N7O. The number of aromatic amines is 1. The second-order valence-corrected chi connectivity index (χ2v) is 8.69. The summed E-state index contributed by atoms with van der Waals surface area (Å²) in [4.78, 5) is 13.6. The van der Waals surface area contributed by atoms with Crippen LogP contribution in [0.1, 0.15) is 41.1 Å². The number of benzene rings is 1. The zero-order valence-corrected chi connectivity index (χ0v) is 19.5. The first-order chi connectivity index (χ1) is 16.9. The average Bonchev–Trinajstić information content (AvgIpc) is 3.38. The summed E-state index contributed by atoms with van der Waals surface area (Å²) in [7, 11) is 0. The second kappa shape index (κ2) is 9.25. The van der Waals surface area contributed by atoms with Crippen LogP contribution in [0, 0.1) is 36.8 Å². The minimum absolute atomic E-state index is 0.0178. The highest BCUT2D eigenvalue weighted by molar-refractivity contribution is 5.95. The molecule has 0 aliphatic carbocycles. The van der Waals surface area contributed by atoms with Crippen LogP contribution in [-0.4, -0.2) is 50.7 Å². The van der Waals surface area contributed by atoms with Crippen LogP contribution in [0.5, 0.6) is 0 Å². The average molecular weight is 507 g/mol. The number of rotatable bonds is 6. The van der Waals surface area contributed by atoms with Crippen LogP contribution < -0.4 is 10.2 Å². The van der Waals surface area contributed by atoms with Gasteiger partial charge in [0.2, 0.25) is 0 Å². The van der Waals surface area contributed by atoms with Gasteiger partial charge in [0.15, 0.2) is 0 Å². The highest BCUT2D eigenvalue weighted by Gasteiger charge is 2.42. The first-order valence-electron chi connectivity index (χ1n) is 11.0. The lowest BCUT2D eigenvalue weighted by Gasteiger charge is -2.48. The van der Waals surface area contributed by atoms with Gasteiger partial charge in [-0.3, -0.25) is 14.6 Å². The van der Waals surface area contributed by atoms with Gasteiger partial charge in [-0.25, -0.2) is 8.78 Å². The summed E-state index contributed by atoms with van der Waals surface area (Å²) in [5.74, 6) is -3.55. The van der Waals surface area contributed by atoms with E-state index in [0.29, 0.717) is 13.0 Å². The minimum atomic E-state index is -4.73. The number of anilines is 1. The molecule has 1 saturated heterocycles. The highest BCUT2D eigenvalue weighted by atomic mass is 19.4. The molecule has 8 nitrogen and oxygen atoms in total. The molecule has 36 heavy (non-hydrogen) atoms. The third-order valence-electron chi connectivity index (χ3n) is 6.32. The summed E-state index contributed by atoms with van der Waals surface area (Å²) in [5.41, 5.74) is 2.33. The summed E-state index contributed by atoms with van der Waals surface area (Å²) in [6, 6.07) is 0.259. The van der Waals surface area contributed by atoms with Gasteiger partial charge < -0.3 is 10.2 Å². The molecule has 0 bridgehead atoms. The Balaban J connectivity index is 1.56. The van der Waals surface area contributed by atoms with E-state index in [4.69, 9.17) is 0 Å². The number of halogens is 5. The monoisotopic (exact) mass is 507 g/mol. The molecule has 1 amide bonds. The molecule has 1 aromatic carbocycles. The fourth-order valence-corrected chi connectivity index (χ4v) is 4.32. The van der Waals surface area contributed by atoms with Gasteiger partial charge in [-0.15, -0.1) is 0 Å². The van der Waals surface area contributed by atoms with E-state index in [1.807, 2.05) is 19.9 Å². The van der Waals surface area contributed by atoms with Crippen molar-refractivity contribution in [3.8, 4) is 17.2 Å². The Bertz CT molecular complexity index is 1320. The Labute approximate surface area is 202 Å². The summed E-state index contributed by atoms with van der Waals surface area (Å²) < 4.78 is 69.4. The van der Waals surface area contributed by atoms with Crippen molar-refractivity contribution in [1.82, 2.24) is 25.3 Å². The van der Waals surface area contributed by atoms with E-state index in [1.165, 1.54) is 4.90 Å². The van der Waals surface area contributed by atoms with Gasteiger partial charge in [-0.2, -0.15) is 28.6 Å². The number of aryl methyl sites for hydroxylation is 2. The first-order valence-corrected chi connectivity index (χ1v) is 11.0. The Hall–Kier alpha value is -3.95. The zero-order valence-electron chi connectivity index (χ0n) is 19.5. The number of hydrogen-bond donors (Lipinski definition) is 2. The molecule has 0 saturated carbocycles. The van der Waals surface area contributed by atoms with Crippen LogP contribution in [0.25, 0.3) is 11.1 Å². The fraction of sp³-hybridized carbons (Fsp3) is 0.391. The predicted octanol–water partition coefficient (Wildman–Crippen LogP) is 4.19. The number of nitriles is 1. The predicted molar refractivity (Wildman–Crippen MR) is 119 cm³/mol. The van der Waals surface area contributed by atoms with Crippen molar-refractivity contribution in [3.63, 3.8) is 0 Å². The number of H-pyrrole nitrogens is 1. The van der Waals surface area contributed by atoms with Crippen molar-refractivity contribution in [2.75, 3.05) is 11.4 Å². The molecule has 0 radical (unpaired) electrons. The SMILES string of the molecule is Cc1n[nH]c(C)c1-c1cnn(C2CN(c3cc(F)c(C(=O)NC(C)C(F)(F)F)cc3F)C2CC#N)c1. The molecule has 2 N–H and O–H groups in total. The maximum Gasteiger partial charge on any atom is 0.408 e. The van der Waals surface area contributed by atoms with E-state index in [2.05, 4.69) is 15.3 Å². The number of amides is 1. The molecule has 2 aromatic heterocycles. The quantitative estimate of drug-likeness (QED) is 0.487. The number of alkyl halides is 3. The number of hydrogen-bond acceptors (Lipinski definition) is 5. The molecule has 3 unspecified atom stereocenters. The molecule has 3 heterocycles. The summed E-state index contributed by atoms with van der Waals surface area (Å²) in [6.45, 7) is 4.62. The van der Waals surface area contributed by atoms with Gasteiger partial charge >= 0.3 is 6.18 Å². The molecule has 3 aromatic rings. The minimum Gasteiger partial charge on any atom is -0.361 e. The number of carbonyl (C=O) groups is 1. The van der Waals surface area contributed by atoms with Crippen LogP contribution in [0.15, 0.2) is 24.5 Å². The Kier molecular flexibility index (Phi) is 6.46. The lowest BCUT2D eigenvalue weighted by molar-refractivity contribution is -0.149. The van der Waals surface area contributed by atoms with Crippen molar-refractivity contribution in [2.24, 2.45) is 0 Å². The molecule has 190 valence electrons. The lowest BCUT2D eigenvalue weighted by Crippen LogP contribution is -2.57. The van der Waals surface area contributed by atoms with Gasteiger partial charge in [-0.1, -0.05) is 0 Å². The molecule has 1 aliphatic heterocycles. The number of nitrogens with one attached hydrogen (secondary N) is 2. The van der Waals surface area contributed by atoms with Gasteiger partial charge in [0, 0.05) is 35.6 Å². The van der Waals surface area contributed by atoms with E-state index < -0.39 is 41.4 Å². The third kappa shape index (κ3) is 4.50. The first kappa shape index (κ1) is 25.2. The van der Waals surface area contributed by atoms with Gasteiger partial charge in [-0.05, 0) is 26.8 Å². The van der Waals surface area contributed by atoms with E-state index in [1.54, 1.807) is 22.4 Å². The Morgan fingerprint density at radius 3 is 2.64 bits per heavy atom. The lowest BCUT2D eigenvalue weighted by atomic mass is 9.92. The highest BCUT2D eigenvalue weighted by Crippen LogP contribution is 2.39. The topological polar surface area (TPSA) is 103 Å². The maximum absolute atomic E-state index is 14.9. The Morgan fingerprint density at radius 2 is 2.03 bits per heavy atom. The van der Waals surface area contributed by atoms with Crippen LogP contribution in [-0.2, 0) is 0 Å². The van der Waals surface area contributed by atoms with Crippen molar-refractivity contribution in [2.45, 2.75) is 51.5 Å². The van der Waals surface area contributed by atoms with E-state index in [9.17, 15) is 32.0 Å². The largest absolute Gasteiger partial charge is 0.408 e. The molecule has 4 rings (SSSR count). The summed E-state index contributed by atoms with van der Waals surface area (Å²) in [6.07, 6.45) is -1.30. The van der Waals surface area contributed by atoms with Crippen molar-refractivity contribution < 1.29 is 26.7 Å². The van der Waals surface area contributed by atoms with E-state index >= 15 is 0 Å². The van der Waals surface area contributed by atoms with Crippen LogP contribution in [0.3, 0.4) is 0 Å². The van der Waals surface area contributed by atoms with Gasteiger partial charge in [0.05, 0.1) is 47.7 Å². The van der Waals surface area contributed by atoms with Crippen LogP contribution in [0.4, 0.5) is 27.6 Å². The molecule has 13 heteroatoms. The molecule has 0 spiro atoms. The normalized spacial score (nSPS) is 18.5. The zero-order chi connectivity index (χ0) is 26.4. The van der Waals surface area contributed by atoms with Crippen LogP contribution in [0.2, 0.25) is 0 Å². The van der Waals surface area contributed by atoms with Crippen LogP contribution >= 0.6 is 0 Å². The second-order valence-electron chi connectivity index (χ2n) is 8.69. The Morgan fingerprint density at radius 1 is 1.31 bits per heavy atom. The fourth-order valence-electron chi connectivity index (χ4n) is 4.32. The standard InChI is InChI=1S/C23H22F5N7O/c1-11-21(12(2)33-32-11)14-8-30-35(9-14)20-10-34(18(20)4-5-29)19-7-16(24)15(6-17(19)25)22(36)31-13(3)23(26,27)28/h6-9,13,18,20H,4,10H2,1-3H3,(H,31,36)(H,32,33). The number of aromatic nitrogens is 4. The smallest absolute Gasteiger partial charge is 0.361 e. The molecular weight excluding hydrogens is 485 g/mol. The van der Waals surface area contributed by atoms with Crippen molar-refractivity contribution in [3.05, 3.63) is 53.1 Å². The molecule has 3 atom stereocenters. The van der Waals surface area contributed by atoms with Gasteiger partial charge in [0.1, 0.15) is 17.7 Å². The van der Waals surface area contributed by atoms with E-state index in [0.717, 1.165) is 28.6 Å². The van der Waals surface area contributed by atoms with E-state index in [-0.39, 0.29) is 24.7 Å².